The summed E-state index contributed by atoms with van der Waals surface area (Å²) in [4.78, 5) is 82.3. The molecule has 2 saturated heterocycles. The topological polar surface area (TPSA) is 207 Å². The smallest absolute Gasteiger partial charge is 0.437 e. The molecule has 1 spiro atoms. The van der Waals surface area contributed by atoms with Gasteiger partial charge in [0.1, 0.15) is 34.6 Å². The Morgan fingerprint density at radius 1 is 0.845 bits per heavy atom. The van der Waals surface area contributed by atoms with Crippen molar-refractivity contribution >= 4 is 50.6 Å². The Hall–Kier alpha value is -4.23. The molecule has 4 amide bonds. The number of hydrogen-bond acceptors (Lipinski definition) is 13. The number of nitrogens with one attached hydrogen (secondary N) is 1. The van der Waals surface area contributed by atoms with Crippen LogP contribution in [0.5, 0.6) is 0 Å². The number of rotatable bonds is 5. The zero-order valence-corrected chi connectivity index (χ0v) is 38.6. The summed E-state index contributed by atoms with van der Waals surface area (Å²) >= 11 is 0. The standard InChI is InChI=1S/C39H66N6O12Si/c1-19-52-25(46)20-23-21-43-29(42-31(49)55-35(5,6)7)44(32(50)56-36(8,9)10)24(22-53-58(17,18)38(14,15)16)26-39(43,27(23)47)45(33(51)57-37(11,12)13)28(40-26)41-30(48)54-34(2,3)4/h20,24,26-27,47H,19,21-22H2,1-18H3,(H,40,41,48)/b23-20-,42-29+/t24-,26-,27+,39+/m0/s1. The third kappa shape index (κ3) is 11.1. The van der Waals surface area contributed by atoms with Crippen LogP contribution >= 0.6 is 0 Å². The van der Waals surface area contributed by atoms with Crippen LogP contribution in [0.25, 0.3) is 0 Å². The van der Waals surface area contributed by atoms with Crippen molar-refractivity contribution in [2.75, 3.05) is 19.8 Å². The number of guanidine groups is 2. The molecule has 3 aliphatic rings. The number of hydrogen-bond donors (Lipinski definition) is 2. The fraction of sp³-hybridized carbons (Fsp3) is 0.769. The molecule has 0 radical (unpaired) electrons. The lowest BCUT2D eigenvalue weighted by molar-refractivity contribution is -0.137. The molecular weight excluding hydrogens is 773 g/mol. The van der Waals surface area contributed by atoms with Gasteiger partial charge in [-0.1, -0.05) is 20.8 Å². The Morgan fingerprint density at radius 2 is 1.36 bits per heavy atom. The normalized spacial score (nSPS) is 24.2. The van der Waals surface area contributed by atoms with Crippen LogP contribution in [0.4, 0.5) is 19.2 Å². The zero-order valence-electron chi connectivity index (χ0n) is 37.6. The average Bonchev–Trinajstić information content (AvgIpc) is 3.45. The van der Waals surface area contributed by atoms with Gasteiger partial charge in [0.2, 0.25) is 11.9 Å². The Bertz CT molecular complexity index is 1710. The van der Waals surface area contributed by atoms with Crippen molar-refractivity contribution in [3.63, 3.8) is 0 Å². The van der Waals surface area contributed by atoms with E-state index >= 15 is 0 Å². The van der Waals surface area contributed by atoms with Crippen LogP contribution in [-0.2, 0) is 32.9 Å². The molecule has 19 heteroatoms. The van der Waals surface area contributed by atoms with E-state index in [2.05, 4.69) is 10.3 Å². The molecule has 0 unspecified atom stereocenters. The van der Waals surface area contributed by atoms with E-state index < -0.39 is 103 Å². The first-order valence-corrected chi connectivity index (χ1v) is 22.4. The Balaban J connectivity index is 2.59. The van der Waals surface area contributed by atoms with Gasteiger partial charge >= 0.3 is 30.3 Å². The van der Waals surface area contributed by atoms with Crippen LogP contribution < -0.4 is 5.32 Å². The molecule has 58 heavy (non-hydrogen) atoms. The van der Waals surface area contributed by atoms with Gasteiger partial charge in [-0.25, -0.2) is 38.8 Å². The summed E-state index contributed by atoms with van der Waals surface area (Å²) in [5.74, 6) is -1.65. The highest BCUT2D eigenvalue weighted by molar-refractivity contribution is 6.74. The van der Waals surface area contributed by atoms with Crippen molar-refractivity contribution in [1.82, 2.24) is 20.0 Å². The fourth-order valence-corrected chi connectivity index (χ4v) is 7.17. The molecule has 2 N–H and O–H groups in total. The Morgan fingerprint density at radius 3 is 1.84 bits per heavy atom. The minimum atomic E-state index is -2.67. The van der Waals surface area contributed by atoms with Gasteiger partial charge in [0.15, 0.2) is 14.0 Å². The number of aliphatic imine (C=N–C) groups is 2. The van der Waals surface area contributed by atoms with Crippen LogP contribution in [0.15, 0.2) is 21.6 Å². The van der Waals surface area contributed by atoms with E-state index in [1.165, 1.54) is 4.90 Å². The van der Waals surface area contributed by atoms with Gasteiger partial charge in [-0.15, -0.1) is 4.99 Å². The number of aliphatic hydroxyl groups is 1. The van der Waals surface area contributed by atoms with Crippen molar-refractivity contribution in [2.45, 2.75) is 175 Å². The number of aliphatic hydroxyl groups excluding tert-OH is 1. The SMILES string of the molecule is CCOC(=O)/C=C1/CN2/C(=N\C(=O)OC(C)(C)C)N(C(=O)OC(C)(C)C)[C@@H](CO[Si](C)(C)C(C)(C)C)[C@@H]3N=C(NC(=O)OC(C)(C)C)N(C(=O)OC(C)(C)C)[C@@]32[C@@H]1O. The van der Waals surface area contributed by atoms with Gasteiger partial charge in [0, 0.05) is 12.6 Å². The first-order valence-electron chi connectivity index (χ1n) is 19.5. The lowest BCUT2D eigenvalue weighted by Gasteiger charge is -2.55. The fourth-order valence-electron chi connectivity index (χ4n) is 6.15. The van der Waals surface area contributed by atoms with Crippen molar-refractivity contribution in [3.8, 4) is 0 Å². The predicted molar refractivity (Wildman–Crippen MR) is 218 cm³/mol. The first-order chi connectivity index (χ1) is 26.0. The minimum absolute atomic E-state index is 0.00211. The highest BCUT2D eigenvalue weighted by atomic mass is 28.4. The molecule has 0 aromatic heterocycles. The summed E-state index contributed by atoms with van der Waals surface area (Å²) in [5.41, 5.74) is -6.42. The average molecular weight is 839 g/mol. The number of ether oxygens (including phenoxy) is 5. The monoisotopic (exact) mass is 838 g/mol. The molecule has 0 saturated carbocycles. The van der Waals surface area contributed by atoms with Gasteiger partial charge in [0.25, 0.3) is 0 Å². The third-order valence-electron chi connectivity index (χ3n) is 9.32. The molecule has 18 nitrogen and oxygen atoms in total. The molecule has 0 aromatic rings. The summed E-state index contributed by atoms with van der Waals surface area (Å²) in [7, 11) is -2.67. The van der Waals surface area contributed by atoms with E-state index in [0.717, 1.165) is 15.9 Å². The predicted octanol–water partition coefficient (Wildman–Crippen LogP) is 6.28. The number of amides is 4. The van der Waals surface area contributed by atoms with Crippen LogP contribution in [-0.4, -0.2) is 136 Å². The molecule has 3 rings (SSSR count). The maximum absolute atomic E-state index is 14.7. The van der Waals surface area contributed by atoms with Crippen LogP contribution in [0.3, 0.4) is 0 Å². The van der Waals surface area contributed by atoms with E-state index in [1.54, 1.807) is 90.0 Å². The summed E-state index contributed by atoms with van der Waals surface area (Å²) < 4.78 is 35.0. The maximum Gasteiger partial charge on any atom is 0.437 e. The maximum atomic E-state index is 14.7. The molecule has 0 aromatic carbocycles. The highest BCUT2D eigenvalue weighted by Crippen LogP contribution is 2.50. The van der Waals surface area contributed by atoms with Crippen LogP contribution in [0, 0.1) is 0 Å². The second-order valence-electron chi connectivity index (χ2n) is 20.0. The van der Waals surface area contributed by atoms with Gasteiger partial charge in [0.05, 0.1) is 19.3 Å². The Labute approximate surface area is 343 Å². The number of carbonyl (C=O) groups excluding carboxylic acids is 5. The molecule has 0 bridgehead atoms. The van der Waals surface area contributed by atoms with Crippen molar-refractivity contribution in [2.24, 2.45) is 9.98 Å². The minimum Gasteiger partial charge on any atom is -0.463 e. The van der Waals surface area contributed by atoms with Gasteiger partial charge in [-0.05, 0) is 114 Å². The quantitative estimate of drug-likeness (QED) is 0.135. The second-order valence-corrected chi connectivity index (χ2v) is 24.8. The van der Waals surface area contributed by atoms with E-state index in [1.807, 2.05) is 33.9 Å². The summed E-state index contributed by atoms with van der Waals surface area (Å²) in [6.07, 6.45) is -4.95. The molecule has 4 atom stereocenters. The first kappa shape index (κ1) is 48.1. The number of carbonyl (C=O) groups is 5. The molecule has 0 aliphatic carbocycles. The van der Waals surface area contributed by atoms with E-state index in [-0.39, 0.29) is 23.8 Å². The van der Waals surface area contributed by atoms with E-state index in [9.17, 15) is 29.1 Å². The van der Waals surface area contributed by atoms with Gasteiger partial charge < -0.3 is 38.1 Å². The second kappa shape index (κ2) is 16.4. The lowest BCUT2D eigenvalue weighted by atomic mass is 9.85. The highest BCUT2D eigenvalue weighted by Gasteiger charge is 2.73. The molecular formula is C39H66N6O12Si. The largest absolute Gasteiger partial charge is 0.463 e. The van der Waals surface area contributed by atoms with E-state index in [4.69, 9.17) is 33.1 Å². The zero-order chi connectivity index (χ0) is 44.8. The van der Waals surface area contributed by atoms with Gasteiger partial charge in [-0.3, -0.25) is 5.32 Å². The molecule has 3 aliphatic heterocycles. The molecule has 2 fully saturated rings. The third-order valence-corrected chi connectivity index (χ3v) is 13.8. The van der Waals surface area contributed by atoms with Crippen LogP contribution in [0.2, 0.25) is 18.1 Å². The lowest BCUT2D eigenvalue weighted by Crippen LogP contribution is -2.79. The van der Waals surface area contributed by atoms with Gasteiger partial charge in [-0.2, -0.15) is 0 Å². The molecule has 328 valence electrons. The Kier molecular flexibility index (Phi) is 13.6. The summed E-state index contributed by atoms with van der Waals surface area (Å²) in [6, 6.07) is -2.72. The van der Waals surface area contributed by atoms with Crippen molar-refractivity contribution < 1.29 is 57.2 Å². The summed E-state index contributed by atoms with van der Waals surface area (Å²) in [6.45, 7) is 30.7. The molecule has 3 heterocycles. The van der Waals surface area contributed by atoms with Crippen molar-refractivity contribution in [1.29, 1.82) is 0 Å². The number of nitrogens with zero attached hydrogens (tertiary/aromatic N) is 5. The van der Waals surface area contributed by atoms with E-state index in [0.29, 0.717) is 0 Å². The van der Waals surface area contributed by atoms with Crippen molar-refractivity contribution in [3.05, 3.63) is 11.6 Å². The summed E-state index contributed by atoms with van der Waals surface area (Å²) in [5, 5.41) is 15.0. The number of esters is 1. The number of alkyl carbamates (subject to hydrolysis) is 1. The van der Waals surface area contributed by atoms with Crippen LogP contribution in [0.1, 0.15) is 111 Å².